The fourth-order valence-electron chi connectivity index (χ4n) is 4.07. The highest BCUT2D eigenvalue weighted by Gasteiger charge is 2.21. The highest BCUT2D eigenvalue weighted by atomic mass is 32.2. The van der Waals surface area contributed by atoms with E-state index in [1.54, 1.807) is 10.6 Å². The van der Waals surface area contributed by atoms with Crippen LogP contribution in [0.3, 0.4) is 0 Å². The van der Waals surface area contributed by atoms with Crippen molar-refractivity contribution in [1.29, 1.82) is 0 Å². The number of para-hydroxylation sites is 1. The number of unbranched alkanes of at least 4 members (excludes halogenated alkanes) is 1. The molecular weight excluding hydrogens is 448 g/mol. The second-order valence-corrected chi connectivity index (χ2v) is 9.47. The molecule has 0 saturated carbocycles. The molecule has 1 unspecified atom stereocenters. The van der Waals surface area contributed by atoms with Crippen LogP contribution in [-0.2, 0) is 22.6 Å². The molecule has 0 radical (unpaired) electrons. The highest BCUT2D eigenvalue weighted by Crippen LogP contribution is 2.18. The second kappa shape index (κ2) is 12.1. The zero-order valence-corrected chi connectivity index (χ0v) is 20.4. The lowest BCUT2D eigenvalue weighted by Crippen LogP contribution is -2.47. The molecule has 1 N–H and O–H groups in total. The van der Waals surface area contributed by atoms with Crippen LogP contribution in [0.2, 0.25) is 0 Å². The third kappa shape index (κ3) is 6.46. The van der Waals surface area contributed by atoms with Gasteiger partial charge in [0.15, 0.2) is 5.16 Å². The van der Waals surface area contributed by atoms with E-state index >= 15 is 0 Å². The number of morpholine rings is 1. The smallest absolute Gasteiger partial charge is 0.262 e. The fourth-order valence-corrected chi connectivity index (χ4v) is 4.92. The molecule has 1 atom stereocenters. The summed E-state index contributed by atoms with van der Waals surface area (Å²) >= 11 is 1.31. The van der Waals surface area contributed by atoms with Crippen LogP contribution in [0.4, 0.5) is 0 Å². The number of nitrogens with zero attached hydrogens (tertiary/aromatic N) is 3. The molecule has 1 aliphatic rings. The molecule has 2 aromatic carbocycles. The van der Waals surface area contributed by atoms with Gasteiger partial charge in [-0.1, -0.05) is 67.6 Å². The summed E-state index contributed by atoms with van der Waals surface area (Å²) in [6, 6.07) is 17.8. The van der Waals surface area contributed by atoms with Gasteiger partial charge in [0.1, 0.15) is 0 Å². The average Bonchev–Trinajstić information content (AvgIpc) is 2.87. The van der Waals surface area contributed by atoms with Gasteiger partial charge in [0.2, 0.25) is 5.91 Å². The molecule has 1 aliphatic heterocycles. The van der Waals surface area contributed by atoms with Crippen molar-refractivity contribution in [2.45, 2.75) is 44.1 Å². The third-order valence-electron chi connectivity index (χ3n) is 5.89. The van der Waals surface area contributed by atoms with Crippen molar-refractivity contribution in [2.24, 2.45) is 0 Å². The number of aromatic nitrogens is 2. The number of hydrogen-bond acceptors (Lipinski definition) is 6. The number of thioether (sulfide) groups is 1. The van der Waals surface area contributed by atoms with Crippen molar-refractivity contribution in [2.75, 3.05) is 32.0 Å². The van der Waals surface area contributed by atoms with Gasteiger partial charge in [-0.15, -0.1) is 0 Å². The van der Waals surface area contributed by atoms with Crippen LogP contribution >= 0.6 is 11.8 Å². The molecule has 1 aromatic heterocycles. The summed E-state index contributed by atoms with van der Waals surface area (Å²) in [5.74, 6) is 0.121. The zero-order chi connectivity index (χ0) is 23.8. The number of amides is 1. The molecule has 180 valence electrons. The summed E-state index contributed by atoms with van der Waals surface area (Å²) < 4.78 is 7.57. The van der Waals surface area contributed by atoms with E-state index in [1.807, 2.05) is 24.3 Å². The van der Waals surface area contributed by atoms with Gasteiger partial charge in [0.05, 0.1) is 29.4 Å². The van der Waals surface area contributed by atoms with Gasteiger partial charge >= 0.3 is 0 Å². The second-order valence-electron chi connectivity index (χ2n) is 8.53. The van der Waals surface area contributed by atoms with Crippen molar-refractivity contribution >= 4 is 28.6 Å². The molecule has 0 bridgehead atoms. The lowest BCUT2D eigenvalue weighted by atomic mass is 10.2. The number of rotatable bonds is 10. The molecule has 7 nitrogen and oxygen atoms in total. The predicted molar refractivity (Wildman–Crippen MR) is 136 cm³/mol. The Hall–Kier alpha value is -2.68. The maximum absolute atomic E-state index is 13.0. The molecule has 1 amide bonds. The van der Waals surface area contributed by atoms with E-state index in [9.17, 15) is 9.59 Å². The Bertz CT molecular complexity index is 1150. The molecule has 0 aliphatic carbocycles. The van der Waals surface area contributed by atoms with E-state index in [4.69, 9.17) is 4.74 Å². The summed E-state index contributed by atoms with van der Waals surface area (Å²) in [6.07, 6.45) is 1.83. The fraction of sp³-hybridized carbons (Fsp3) is 0.423. The third-order valence-corrected chi connectivity index (χ3v) is 6.87. The highest BCUT2D eigenvalue weighted by molar-refractivity contribution is 7.99. The minimum Gasteiger partial charge on any atom is -0.374 e. The van der Waals surface area contributed by atoms with Crippen LogP contribution in [0.1, 0.15) is 25.3 Å². The molecule has 8 heteroatoms. The molecule has 4 rings (SSSR count). The number of nitrogens with one attached hydrogen (secondary N) is 1. The predicted octanol–water partition coefficient (Wildman–Crippen LogP) is 3.31. The number of carbonyl (C=O) groups is 1. The molecular formula is C26H32N4O3S. The van der Waals surface area contributed by atoms with Gasteiger partial charge in [-0.05, 0) is 24.1 Å². The van der Waals surface area contributed by atoms with Gasteiger partial charge in [0, 0.05) is 32.7 Å². The van der Waals surface area contributed by atoms with Crippen LogP contribution in [0, 0.1) is 0 Å². The van der Waals surface area contributed by atoms with E-state index in [2.05, 4.69) is 46.4 Å². The van der Waals surface area contributed by atoms with Gasteiger partial charge in [0.25, 0.3) is 5.56 Å². The summed E-state index contributed by atoms with van der Waals surface area (Å²) in [7, 11) is 0. The van der Waals surface area contributed by atoms with Gasteiger partial charge < -0.3 is 10.1 Å². The van der Waals surface area contributed by atoms with Crippen LogP contribution < -0.4 is 10.9 Å². The van der Waals surface area contributed by atoms with E-state index in [0.717, 1.165) is 32.5 Å². The maximum Gasteiger partial charge on any atom is 0.262 e. The maximum atomic E-state index is 13.0. The summed E-state index contributed by atoms with van der Waals surface area (Å²) in [5.41, 5.74) is 1.90. The summed E-state index contributed by atoms with van der Waals surface area (Å²) in [4.78, 5) is 32.6. The van der Waals surface area contributed by atoms with E-state index < -0.39 is 0 Å². The average molecular weight is 481 g/mol. The minimum absolute atomic E-state index is 0.0343. The van der Waals surface area contributed by atoms with Crippen LogP contribution in [0.15, 0.2) is 64.5 Å². The Morgan fingerprint density at radius 2 is 1.97 bits per heavy atom. The summed E-state index contributed by atoms with van der Waals surface area (Å²) in [5, 5.41) is 4.20. The normalized spacial score (nSPS) is 16.6. The van der Waals surface area contributed by atoms with E-state index in [0.29, 0.717) is 35.8 Å². The van der Waals surface area contributed by atoms with Crippen molar-refractivity contribution in [3.8, 4) is 0 Å². The van der Waals surface area contributed by atoms with Gasteiger partial charge in [-0.25, -0.2) is 4.98 Å². The largest absolute Gasteiger partial charge is 0.374 e. The van der Waals surface area contributed by atoms with E-state index in [1.165, 1.54) is 17.3 Å². The first-order valence-corrected chi connectivity index (χ1v) is 12.9. The standard InChI is InChI=1S/C26H32N4O3S/c1-2-3-13-30-25(32)22-11-7-8-12-23(22)28-26(30)34-19-24(31)27-16-21-18-29(14-15-33-21)17-20-9-5-4-6-10-20/h4-12,21H,2-3,13-19H2,1H3,(H,27,31). The number of carbonyl (C=O) groups excluding carboxylic acids is 1. The molecule has 34 heavy (non-hydrogen) atoms. The number of fused-ring (bicyclic) bond motifs is 1. The Balaban J connectivity index is 1.32. The summed E-state index contributed by atoms with van der Waals surface area (Å²) in [6.45, 7) is 6.38. The topological polar surface area (TPSA) is 76.5 Å². The molecule has 2 heterocycles. The molecule has 1 fully saturated rings. The van der Waals surface area contributed by atoms with Gasteiger partial charge in [-0.2, -0.15) is 0 Å². The number of ether oxygens (including phenoxy) is 1. The molecule has 0 spiro atoms. The van der Waals surface area contributed by atoms with Crippen molar-refractivity contribution in [1.82, 2.24) is 19.8 Å². The van der Waals surface area contributed by atoms with Crippen LogP contribution in [0.5, 0.6) is 0 Å². The lowest BCUT2D eigenvalue weighted by molar-refractivity contribution is -0.119. The monoisotopic (exact) mass is 480 g/mol. The van der Waals surface area contributed by atoms with Crippen LogP contribution in [0.25, 0.3) is 10.9 Å². The SMILES string of the molecule is CCCCn1c(SCC(=O)NCC2CN(Cc3ccccc3)CCO2)nc2ccccc2c1=O. The van der Waals surface area contributed by atoms with Crippen molar-refractivity contribution in [3.63, 3.8) is 0 Å². The lowest BCUT2D eigenvalue weighted by Gasteiger charge is -2.33. The first-order valence-electron chi connectivity index (χ1n) is 11.9. The Kier molecular flexibility index (Phi) is 8.73. The Labute approximate surface area is 204 Å². The van der Waals surface area contributed by atoms with Crippen molar-refractivity contribution < 1.29 is 9.53 Å². The first kappa shape index (κ1) is 24.4. The van der Waals surface area contributed by atoms with Gasteiger partial charge in [-0.3, -0.25) is 19.1 Å². The minimum atomic E-state index is -0.0850. The molecule has 1 saturated heterocycles. The van der Waals surface area contributed by atoms with Crippen molar-refractivity contribution in [3.05, 3.63) is 70.5 Å². The first-order chi connectivity index (χ1) is 16.6. The van der Waals surface area contributed by atoms with Crippen LogP contribution in [-0.4, -0.2) is 58.5 Å². The number of benzene rings is 2. The van der Waals surface area contributed by atoms with E-state index in [-0.39, 0.29) is 23.3 Å². The quantitative estimate of drug-likeness (QED) is 0.354. The number of hydrogen-bond donors (Lipinski definition) is 1. The zero-order valence-electron chi connectivity index (χ0n) is 19.6. The Morgan fingerprint density at radius 3 is 2.79 bits per heavy atom. The Morgan fingerprint density at radius 1 is 1.18 bits per heavy atom. The molecule has 3 aromatic rings.